The van der Waals surface area contributed by atoms with E-state index in [1.54, 1.807) is 12.3 Å². The van der Waals surface area contributed by atoms with Crippen LogP contribution in [0.3, 0.4) is 0 Å². The number of H-pyrrole nitrogens is 1. The predicted molar refractivity (Wildman–Crippen MR) is 126 cm³/mol. The number of hydrogen-bond donors (Lipinski definition) is 2. The van der Waals surface area contributed by atoms with Crippen LogP contribution in [0, 0.1) is 20.8 Å². The van der Waals surface area contributed by atoms with Crippen molar-refractivity contribution in [3.8, 4) is 0 Å². The second kappa shape index (κ2) is 9.83. The first-order valence-corrected chi connectivity index (χ1v) is 9.74. The molecule has 0 fully saturated rings. The van der Waals surface area contributed by atoms with E-state index in [4.69, 9.17) is 0 Å². The maximum absolute atomic E-state index is 13.1. The Balaban J connectivity index is 2.48. The van der Waals surface area contributed by atoms with Crippen molar-refractivity contribution < 1.29 is 4.79 Å². The first-order valence-electron chi connectivity index (χ1n) is 9.74. The molecule has 30 heavy (non-hydrogen) atoms. The number of allylic oxidation sites excluding steroid dienone is 4. The molecule has 1 aromatic heterocycles. The first-order chi connectivity index (χ1) is 14.2. The normalized spacial score (nSPS) is 11.9. The van der Waals surface area contributed by atoms with E-state index in [2.05, 4.69) is 28.6 Å². The fourth-order valence-electron chi connectivity index (χ4n) is 3.43. The van der Waals surface area contributed by atoms with Gasteiger partial charge in [-0.3, -0.25) is 14.6 Å². The summed E-state index contributed by atoms with van der Waals surface area (Å²) < 4.78 is 0. The molecule has 156 valence electrons. The Bertz CT molecular complexity index is 1120. The third-order valence-corrected chi connectivity index (χ3v) is 5.10. The zero-order valence-electron chi connectivity index (χ0n) is 18.3. The molecule has 1 aromatic carbocycles. The number of carbonyl (C=O) groups excluding carboxylic acids is 1. The molecule has 0 unspecified atom stereocenters. The standard InChI is InChI=1S/C25H29N3O2/c1-8-9-15(2)21-11-20(17(4)13-26-7)12-22(19(21)6)24(29)27-14-23-16(3)10-18(5)28-25(23)30/h8-13H,1,7,14H2,2-6H3,(H,27,29)(H,28,30). The van der Waals surface area contributed by atoms with Crippen LogP contribution in [0.25, 0.3) is 11.1 Å². The second-order valence-electron chi connectivity index (χ2n) is 7.40. The Morgan fingerprint density at radius 2 is 1.80 bits per heavy atom. The third kappa shape index (κ3) is 5.11. The van der Waals surface area contributed by atoms with Crippen LogP contribution in [0.15, 0.2) is 52.9 Å². The number of hydrogen-bond acceptors (Lipinski definition) is 3. The molecule has 0 spiro atoms. The number of carbonyl (C=O) groups is 1. The summed E-state index contributed by atoms with van der Waals surface area (Å²) in [5.41, 5.74) is 7.18. The fraction of sp³-hybridized carbons (Fsp3) is 0.240. The van der Waals surface area contributed by atoms with Gasteiger partial charge in [0, 0.05) is 29.6 Å². The summed E-state index contributed by atoms with van der Waals surface area (Å²) in [5.74, 6) is -0.235. The van der Waals surface area contributed by atoms with Gasteiger partial charge in [-0.15, -0.1) is 0 Å². The van der Waals surface area contributed by atoms with Gasteiger partial charge in [0.2, 0.25) is 0 Å². The zero-order chi connectivity index (χ0) is 22.4. The highest BCUT2D eigenvalue weighted by Crippen LogP contribution is 2.27. The highest BCUT2D eigenvalue weighted by molar-refractivity contribution is 5.98. The second-order valence-corrected chi connectivity index (χ2v) is 7.40. The first kappa shape index (κ1) is 22.8. The molecule has 1 amide bonds. The summed E-state index contributed by atoms with van der Waals surface area (Å²) in [6.45, 7) is 17.0. The molecule has 2 aromatic rings. The molecule has 0 aliphatic heterocycles. The van der Waals surface area contributed by atoms with Crippen molar-refractivity contribution in [1.29, 1.82) is 0 Å². The smallest absolute Gasteiger partial charge is 0.253 e. The minimum Gasteiger partial charge on any atom is -0.348 e. The van der Waals surface area contributed by atoms with Gasteiger partial charge in [0.15, 0.2) is 0 Å². The SMILES string of the molecule is C=CC=C(C)c1cc(C(C)=CN=C)cc(C(=O)NCc2c(C)cc(C)[nH]c2=O)c1C. The molecule has 0 aliphatic carbocycles. The molecule has 1 heterocycles. The van der Waals surface area contributed by atoms with Crippen molar-refractivity contribution in [2.45, 2.75) is 41.2 Å². The number of pyridine rings is 1. The molecular weight excluding hydrogens is 374 g/mol. The topological polar surface area (TPSA) is 74.3 Å². The highest BCUT2D eigenvalue weighted by atomic mass is 16.1. The van der Waals surface area contributed by atoms with E-state index >= 15 is 0 Å². The number of aromatic nitrogens is 1. The third-order valence-electron chi connectivity index (χ3n) is 5.10. The Hall–Kier alpha value is -3.47. The lowest BCUT2D eigenvalue weighted by Gasteiger charge is -2.16. The van der Waals surface area contributed by atoms with Crippen LogP contribution in [0.2, 0.25) is 0 Å². The van der Waals surface area contributed by atoms with Crippen molar-refractivity contribution >= 4 is 23.8 Å². The predicted octanol–water partition coefficient (Wildman–Crippen LogP) is 4.88. The summed E-state index contributed by atoms with van der Waals surface area (Å²) in [7, 11) is 0. The number of aliphatic imine (C=N–C) groups is 1. The van der Waals surface area contributed by atoms with Crippen LogP contribution in [-0.4, -0.2) is 17.6 Å². The van der Waals surface area contributed by atoms with Crippen molar-refractivity contribution in [3.05, 3.63) is 92.6 Å². The summed E-state index contributed by atoms with van der Waals surface area (Å²) >= 11 is 0. The van der Waals surface area contributed by atoms with Crippen LogP contribution in [-0.2, 0) is 6.54 Å². The maximum atomic E-state index is 13.1. The lowest BCUT2D eigenvalue weighted by Crippen LogP contribution is -2.28. The fourth-order valence-corrected chi connectivity index (χ4v) is 3.43. The lowest BCUT2D eigenvalue weighted by atomic mass is 9.91. The molecule has 0 saturated carbocycles. The Labute approximate surface area is 178 Å². The van der Waals surface area contributed by atoms with Crippen molar-refractivity contribution in [3.63, 3.8) is 0 Å². The molecule has 0 atom stereocenters. The molecule has 2 N–H and O–H groups in total. The van der Waals surface area contributed by atoms with Crippen LogP contribution in [0.1, 0.15) is 57.7 Å². The molecule has 5 heteroatoms. The summed E-state index contributed by atoms with van der Waals surface area (Å²) in [4.78, 5) is 32.0. The minimum absolute atomic E-state index is 0.157. The number of nitrogens with zero attached hydrogens (tertiary/aromatic N) is 1. The van der Waals surface area contributed by atoms with Crippen LogP contribution in [0.4, 0.5) is 0 Å². The van der Waals surface area contributed by atoms with E-state index in [0.29, 0.717) is 11.1 Å². The Morgan fingerprint density at radius 1 is 1.13 bits per heavy atom. The minimum atomic E-state index is -0.235. The quantitative estimate of drug-likeness (QED) is 0.511. The zero-order valence-corrected chi connectivity index (χ0v) is 18.3. The summed E-state index contributed by atoms with van der Waals surface area (Å²) in [5, 5.41) is 2.90. The molecule has 0 radical (unpaired) electrons. The van der Waals surface area contributed by atoms with E-state index in [-0.39, 0.29) is 18.0 Å². The maximum Gasteiger partial charge on any atom is 0.253 e. The lowest BCUT2D eigenvalue weighted by molar-refractivity contribution is 0.0950. The van der Waals surface area contributed by atoms with Gasteiger partial charge in [0.1, 0.15) is 0 Å². The van der Waals surface area contributed by atoms with Gasteiger partial charge in [-0.1, -0.05) is 18.7 Å². The Kier molecular flexibility index (Phi) is 7.48. The molecule has 5 nitrogen and oxygen atoms in total. The average Bonchev–Trinajstić information content (AvgIpc) is 2.67. The summed E-state index contributed by atoms with van der Waals surface area (Å²) in [6, 6.07) is 5.78. The van der Waals surface area contributed by atoms with Crippen LogP contribution >= 0.6 is 0 Å². The number of amides is 1. The van der Waals surface area contributed by atoms with Crippen molar-refractivity contribution in [1.82, 2.24) is 10.3 Å². The van der Waals surface area contributed by atoms with Crippen LogP contribution < -0.4 is 10.9 Å². The molecule has 2 rings (SSSR count). The van der Waals surface area contributed by atoms with Crippen molar-refractivity contribution in [2.24, 2.45) is 4.99 Å². The van der Waals surface area contributed by atoms with E-state index < -0.39 is 0 Å². The van der Waals surface area contributed by atoms with E-state index in [9.17, 15) is 9.59 Å². The number of rotatable bonds is 7. The molecule has 0 saturated heterocycles. The number of aryl methyl sites for hydroxylation is 2. The number of benzene rings is 1. The van der Waals surface area contributed by atoms with E-state index in [0.717, 1.165) is 39.1 Å². The van der Waals surface area contributed by atoms with Gasteiger partial charge in [-0.2, -0.15) is 0 Å². The monoisotopic (exact) mass is 403 g/mol. The van der Waals surface area contributed by atoms with Gasteiger partial charge in [-0.25, -0.2) is 0 Å². The van der Waals surface area contributed by atoms with Crippen LogP contribution in [0.5, 0.6) is 0 Å². The average molecular weight is 404 g/mol. The van der Waals surface area contributed by atoms with E-state index in [1.165, 1.54) is 0 Å². The highest BCUT2D eigenvalue weighted by Gasteiger charge is 2.16. The largest absolute Gasteiger partial charge is 0.348 e. The molecule has 0 bridgehead atoms. The van der Waals surface area contributed by atoms with E-state index in [1.807, 2.05) is 58.9 Å². The number of nitrogens with one attached hydrogen (secondary N) is 2. The van der Waals surface area contributed by atoms with Crippen molar-refractivity contribution in [2.75, 3.05) is 0 Å². The Morgan fingerprint density at radius 3 is 2.40 bits per heavy atom. The van der Waals surface area contributed by atoms with Gasteiger partial charge in [0.25, 0.3) is 11.5 Å². The molecular formula is C25H29N3O2. The molecule has 0 aliphatic rings. The van der Waals surface area contributed by atoms with Gasteiger partial charge in [-0.05, 0) is 92.9 Å². The van der Waals surface area contributed by atoms with Gasteiger partial charge in [0.05, 0.1) is 0 Å². The van der Waals surface area contributed by atoms with Gasteiger partial charge < -0.3 is 10.3 Å². The summed E-state index contributed by atoms with van der Waals surface area (Å²) in [6.07, 6.45) is 5.30. The van der Waals surface area contributed by atoms with Gasteiger partial charge >= 0.3 is 0 Å². The number of aromatic amines is 1.